The summed E-state index contributed by atoms with van der Waals surface area (Å²) in [5.41, 5.74) is 8.03. The van der Waals surface area contributed by atoms with Gasteiger partial charge in [0.25, 0.3) is 0 Å². The number of amides is 1. The predicted octanol–water partition coefficient (Wildman–Crippen LogP) is 2.55. The van der Waals surface area contributed by atoms with Crippen LogP contribution in [0, 0.1) is 12.3 Å². The van der Waals surface area contributed by atoms with Crippen LogP contribution in [0.15, 0.2) is 24.3 Å². The lowest BCUT2D eigenvalue weighted by atomic mass is 9.86. The van der Waals surface area contributed by atoms with Crippen LogP contribution in [-0.2, 0) is 4.79 Å². The third-order valence-electron chi connectivity index (χ3n) is 3.23. The quantitative estimate of drug-likeness (QED) is 0.863. The lowest BCUT2D eigenvalue weighted by Crippen LogP contribution is -2.49. The number of nitrogens with one attached hydrogen (secondary N) is 1. The molecule has 3 nitrogen and oxygen atoms in total. The molecule has 3 N–H and O–H groups in total. The Morgan fingerprint density at radius 1 is 1.28 bits per heavy atom. The van der Waals surface area contributed by atoms with Gasteiger partial charge in [-0.15, -0.1) is 0 Å². The normalized spacial score (nSPS) is 15.0. The summed E-state index contributed by atoms with van der Waals surface area (Å²) in [7, 11) is 0. The van der Waals surface area contributed by atoms with E-state index in [0.717, 1.165) is 5.56 Å². The summed E-state index contributed by atoms with van der Waals surface area (Å²) in [6, 6.07) is 7.53. The van der Waals surface area contributed by atoms with Gasteiger partial charge in [0.2, 0.25) is 5.91 Å². The second-order valence-electron chi connectivity index (χ2n) is 5.93. The highest BCUT2D eigenvalue weighted by Gasteiger charge is 2.28. The second kappa shape index (κ2) is 5.53. The minimum absolute atomic E-state index is 0.0212. The number of hydrogen-bond donors (Lipinski definition) is 2. The summed E-state index contributed by atoms with van der Waals surface area (Å²) in [6.45, 7) is 9.93. The van der Waals surface area contributed by atoms with Gasteiger partial charge in [0, 0.05) is 0 Å². The van der Waals surface area contributed by atoms with Crippen LogP contribution in [0.25, 0.3) is 0 Å². The SMILES string of the molecule is Cc1ccccc1C(C)NC(=O)[C@H](N)C(C)(C)C. The average molecular weight is 248 g/mol. The third-order valence-corrected chi connectivity index (χ3v) is 3.23. The van der Waals surface area contributed by atoms with Gasteiger partial charge in [-0.05, 0) is 30.4 Å². The van der Waals surface area contributed by atoms with Gasteiger partial charge in [-0.2, -0.15) is 0 Å². The maximum atomic E-state index is 12.0. The molecule has 0 aromatic heterocycles. The molecule has 0 aliphatic heterocycles. The molecule has 0 bridgehead atoms. The molecule has 2 atom stereocenters. The summed E-state index contributed by atoms with van der Waals surface area (Å²) in [5.74, 6) is -0.0988. The minimum Gasteiger partial charge on any atom is -0.348 e. The minimum atomic E-state index is -0.496. The van der Waals surface area contributed by atoms with Crippen LogP contribution in [0.1, 0.15) is 44.9 Å². The van der Waals surface area contributed by atoms with Crippen LogP contribution in [0.2, 0.25) is 0 Å². The average Bonchev–Trinajstić information content (AvgIpc) is 2.27. The van der Waals surface area contributed by atoms with Crippen molar-refractivity contribution in [2.45, 2.75) is 46.7 Å². The fraction of sp³-hybridized carbons (Fsp3) is 0.533. The summed E-state index contributed by atoms with van der Waals surface area (Å²) in [4.78, 5) is 12.0. The van der Waals surface area contributed by atoms with Crippen molar-refractivity contribution in [2.24, 2.45) is 11.1 Å². The Bertz CT molecular complexity index is 421. The number of nitrogens with two attached hydrogens (primary N) is 1. The molecule has 0 spiro atoms. The Balaban J connectivity index is 2.75. The molecule has 1 aromatic rings. The first-order valence-electron chi connectivity index (χ1n) is 6.35. The van der Waals surface area contributed by atoms with Crippen molar-refractivity contribution in [3.8, 4) is 0 Å². The van der Waals surface area contributed by atoms with E-state index in [1.165, 1.54) is 5.56 Å². The van der Waals surface area contributed by atoms with E-state index in [1.807, 2.05) is 58.9 Å². The van der Waals surface area contributed by atoms with E-state index in [0.29, 0.717) is 0 Å². The van der Waals surface area contributed by atoms with Crippen LogP contribution in [0.4, 0.5) is 0 Å². The summed E-state index contributed by atoms with van der Waals surface area (Å²) in [6.07, 6.45) is 0. The maximum Gasteiger partial charge on any atom is 0.237 e. The highest BCUT2D eigenvalue weighted by atomic mass is 16.2. The molecule has 0 radical (unpaired) electrons. The fourth-order valence-corrected chi connectivity index (χ4v) is 1.85. The van der Waals surface area contributed by atoms with E-state index in [9.17, 15) is 4.79 Å². The van der Waals surface area contributed by atoms with Gasteiger partial charge in [0.05, 0.1) is 12.1 Å². The fourth-order valence-electron chi connectivity index (χ4n) is 1.85. The van der Waals surface area contributed by atoms with Crippen molar-refractivity contribution in [3.05, 3.63) is 35.4 Å². The smallest absolute Gasteiger partial charge is 0.237 e. The molecule has 100 valence electrons. The molecule has 0 heterocycles. The molecule has 1 unspecified atom stereocenters. The van der Waals surface area contributed by atoms with Crippen LogP contribution < -0.4 is 11.1 Å². The Morgan fingerprint density at radius 2 is 1.83 bits per heavy atom. The van der Waals surface area contributed by atoms with Crippen molar-refractivity contribution in [3.63, 3.8) is 0 Å². The van der Waals surface area contributed by atoms with Gasteiger partial charge in [-0.25, -0.2) is 0 Å². The summed E-state index contributed by atoms with van der Waals surface area (Å²) < 4.78 is 0. The van der Waals surface area contributed by atoms with Crippen molar-refractivity contribution in [1.29, 1.82) is 0 Å². The molecular formula is C15H24N2O. The first kappa shape index (κ1) is 14.7. The molecular weight excluding hydrogens is 224 g/mol. The topological polar surface area (TPSA) is 55.1 Å². The van der Waals surface area contributed by atoms with Gasteiger partial charge in [-0.1, -0.05) is 45.0 Å². The maximum absolute atomic E-state index is 12.0. The highest BCUT2D eigenvalue weighted by molar-refractivity contribution is 5.82. The van der Waals surface area contributed by atoms with Gasteiger partial charge >= 0.3 is 0 Å². The Labute approximate surface area is 110 Å². The van der Waals surface area contributed by atoms with Crippen molar-refractivity contribution < 1.29 is 4.79 Å². The third kappa shape index (κ3) is 3.57. The molecule has 0 aliphatic rings. The van der Waals surface area contributed by atoms with Crippen molar-refractivity contribution >= 4 is 5.91 Å². The number of benzene rings is 1. The second-order valence-corrected chi connectivity index (χ2v) is 5.93. The monoisotopic (exact) mass is 248 g/mol. The van der Waals surface area contributed by atoms with Gasteiger partial charge < -0.3 is 11.1 Å². The molecule has 0 saturated carbocycles. The molecule has 0 aliphatic carbocycles. The summed E-state index contributed by atoms with van der Waals surface area (Å²) in [5, 5.41) is 2.98. The van der Waals surface area contributed by atoms with E-state index in [4.69, 9.17) is 5.73 Å². The number of aryl methyl sites for hydroxylation is 1. The van der Waals surface area contributed by atoms with Crippen LogP contribution >= 0.6 is 0 Å². The molecule has 3 heteroatoms. The van der Waals surface area contributed by atoms with E-state index in [-0.39, 0.29) is 17.4 Å². The largest absolute Gasteiger partial charge is 0.348 e. The van der Waals surface area contributed by atoms with Gasteiger partial charge in [-0.3, -0.25) is 4.79 Å². The van der Waals surface area contributed by atoms with Gasteiger partial charge in [0.15, 0.2) is 0 Å². The zero-order chi connectivity index (χ0) is 13.9. The lowest BCUT2D eigenvalue weighted by Gasteiger charge is -2.27. The van der Waals surface area contributed by atoms with E-state index < -0.39 is 6.04 Å². The lowest BCUT2D eigenvalue weighted by molar-refractivity contribution is -0.125. The molecule has 18 heavy (non-hydrogen) atoms. The van der Waals surface area contributed by atoms with Crippen molar-refractivity contribution in [1.82, 2.24) is 5.32 Å². The van der Waals surface area contributed by atoms with E-state index in [1.54, 1.807) is 0 Å². The van der Waals surface area contributed by atoms with E-state index >= 15 is 0 Å². The van der Waals surface area contributed by atoms with Gasteiger partial charge in [0.1, 0.15) is 0 Å². The van der Waals surface area contributed by atoms with Crippen LogP contribution in [0.3, 0.4) is 0 Å². The molecule has 0 fully saturated rings. The number of hydrogen-bond acceptors (Lipinski definition) is 2. The molecule has 1 rings (SSSR count). The first-order chi connectivity index (χ1) is 8.23. The molecule has 1 aromatic carbocycles. The zero-order valence-electron chi connectivity index (χ0n) is 11.9. The first-order valence-corrected chi connectivity index (χ1v) is 6.35. The Morgan fingerprint density at radius 3 is 2.33 bits per heavy atom. The van der Waals surface area contributed by atoms with E-state index in [2.05, 4.69) is 5.32 Å². The summed E-state index contributed by atoms with van der Waals surface area (Å²) >= 11 is 0. The Hall–Kier alpha value is -1.35. The molecule has 0 saturated heterocycles. The standard InChI is InChI=1S/C15H24N2O/c1-10-8-6-7-9-12(10)11(2)17-14(18)13(16)15(3,4)5/h6-9,11,13H,16H2,1-5H3,(H,17,18)/t11?,13-/m0/s1. The van der Waals surface area contributed by atoms with Crippen LogP contribution in [0.5, 0.6) is 0 Å². The number of carbonyl (C=O) groups is 1. The van der Waals surface area contributed by atoms with Crippen LogP contribution in [-0.4, -0.2) is 11.9 Å². The Kier molecular flexibility index (Phi) is 4.52. The number of carbonyl (C=O) groups excluding carboxylic acids is 1. The zero-order valence-corrected chi connectivity index (χ0v) is 11.9. The molecule has 1 amide bonds. The van der Waals surface area contributed by atoms with Crippen molar-refractivity contribution in [2.75, 3.05) is 0 Å². The number of rotatable bonds is 3. The highest BCUT2D eigenvalue weighted by Crippen LogP contribution is 2.20. The predicted molar refractivity (Wildman–Crippen MR) is 75.2 cm³/mol.